The third-order valence-electron chi connectivity index (χ3n) is 2.88. The molecule has 2 atom stereocenters. The molecule has 0 spiro atoms. The number of rotatable bonds is 5. The molecule has 1 heterocycles. The van der Waals surface area contributed by atoms with E-state index in [0.29, 0.717) is 16.5 Å². The van der Waals surface area contributed by atoms with E-state index >= 15 is 0 Å². The lowest BCUT2D eigenvalue weighted by Crippen LogP contribution is -2.18. The smallest absolute Gasteiger partial charge is 0.345 e. The van der Waals surface area contributed by atoms with Crippen molar-refractivity contribution in [2.75, 3.05) is 0 Å². The summed E-state index contributed by atoms with van der Waals surface area (Å²) in [6, 6.07) is 1.65. The SMILES string of the molecule is Cc1sc(C(=O)O)cc1CS(=O)C(C)C(C)C. The van der Waals surface area contributed by atoms with Gasteiger partial charge in [-0.3, -0.25) is 4.21 Å². The Bertz CT molecular complexity index is 435. The zero-order valence-corrected chi connectivity index (χ0v) is 12.2. The predicted octanol–water partition coefficient (Wildman–Crippen LogP) is 3.05. The number of hydrogen-bond acceptors (Lipinski definition) is 3. The van der Waals surface area contributed by atoms with Gasteiger partial charge in [0.1, 0.15) is 4.88 Å². The molecule has 1 rings (SSSR count). The van der Waals surface area contributed by atoms with Crippen molar-refractivity contribution >= 4 is 28.1 Å². The molecule has 1 N–H and O–H groups in total. The van der Waals surface area contributed by atoms with Gasteiger partial charge in [0, 0.05) is 26.7 Å². The fraction of sp³-hybridized carbons (Fsp3) is 0.583. The van der Waals surface area contributed by atoms with E-state index in [-0.39, 0.29) is 5.25 Å². The quantitative estimate of drug-likeness (QED) is 0.898. The molecule has 0 fully saturated rings. The Balaban J connectivity index is 2.82. The monoisotopic (exact) mass is 274 g/mol. The maximum atomic E-state index is 12.1. The first-order valence-electron chi connectivity index (χ1n) is 5.52. The van der Waals surface area contributed by atoms with Gasteiger partial charge in [0.25, 0.3) is 0 Å². The second-order valence-corrected chi connectivity index (χ2v) is 7.52. The number of aromatic carboxylic acids is 1. The van der Waals surface area contributed by atoms with Gasteiger partial charge >= 0.3 is 5.97 Å². The number of thiophene rings is 1. The molecule has 17 heavy (non-hydrogen) atoms. The van der Waals surface area contributed by atoms with Gasteiger partial charge in [-0.2, -0.15) is 0 Å². The van der Waals surface area contributed by atoms with Crippen molar-refractivity contribution in [3.8, 4) is 0 Å². The van der Waals surface area contributed by atoms with Crippen molar-refractivity contribution in [2.45, 2.75) is 38.7 Å². The number of carbonyl (C=O) groups is 1. The Morgan fingerprint density at radius 1 is 1.47 bits per heavy atom. The molecular formula is C12H18O3S2. The third-order valence-corrected chi connectivity index (χ3v) is 5.93. The van der Waals surface area contributed by atoms with Crippen molar-refractivity contribution in [3.05, 3.63) is 21.4 Å². The second-order valence-electron chi connectivity index (χ2n) is 4.47. The van der Waals surface area contributed by atoms with Crippen LogP contribution in [-0.4, -0.2) is 20.5 Å². The first-order valence-corrected chi connectivity index (χ1v) is 7.72. The zero-order valence-electron chi connectivity index (χ0n) is 10.5. The Morgan fingerprint density at radius 3 is 2.47 bits per heavy atom. The molecule has 0 saturated heterocycles. The fourth-order valence-corrected chi connectivity index (χ4v) is 3.81. The second kappa shape index (κ2) is 5.78. The minimum atomic E-state index is -0.942. The summed E-state index contributed by atoms with van der Waals surface area (Å²) in [7, 11) is -0.942. The summed E-state index contributed by atoms with van der Waals surface area (Å²) in [5.41, 5.74) is 0.901. The first-order chi connectivity index (χ1) is 7.82. The minimum Gasteiger partial charge on any atom is -0.477 e. The standard InChI is InChI=1S/C12H18O3S2/c1-7(2)9(4)17(15)6-10-5-11(12(13)14)16-8(10)3/h5,7,9H,6H2,1-4H3,(H,13,14). The van der Waals surface area contributed by atoms with Crippen LogP contribution in [0.3, 0.4) is 0 Å². The lowest BCUT2D eigenvalue weighted by Gasteiger charge is -2.14. The van der Waals surface area contributed by atoms with Crippen LogP contribution in [0, 0.1) is 12.8 Å². The van der Waals surface area contributed by atoms with Gasteiger partial charge in [-0.1, -0.05) is 20.8 Å². The summed E-state index contributed by atoms with van der Waals surface area (Å²) in [5, 5.41) is 9.02. The molecule has 0 radical (unpaired) electrons. The molecule has 96 valence electrons. The molecule has 0 amide bonds. The van der Waals surface area contributed by atoms with E-state index in [9.17, 15) is 9.00 Å². The summed E-state index contributed by atoms with van der Waals surface area (Å²) in [4.78, 5) is 12.1. The van der Waals surface area contributed by atoms with Crippen LogP contribution in [0.5, 0.6) is 0 Å². The maximum Gasteiger partial charge on any atom is 0.345 e. The van der Waals surface area contributed by atoms with Gasteiger partial charge in [-0.05, 0) is 24.5 Å². The molecule has 0 aliphatic carbocycles. The van der Waals surface area contributed by atoms with Crippen LogP contribution in [0.1, 0.15) is 40.9 Å². The van der Waals surface area contributed by atoms with E-state index < -0.39 is 16.8 Å². The Morgan fingerprint density at radius 2 is 2.06 bits per heavy atom. The topological polar surface area (TPSA) is 54.4 Å². The highest BCUT2D eigenvalue weighted by Crippen LogP contribution is 2.24. The van der Waals surface area contributed by atoms with Crippen LogP contribution in [0.25, 0.3) is 0 Å². The van der Waals surface area contributed by atoms with Gasteiger partial charge in [0.05, 0.1) is 0 Å². The van der Waals surface area contributed by atoms with Crippen molar-refractivity contribution in [3.63, 3.8) is 0 Å². The molecule has 2 unspecified atom stereocenters. The van der Waals surface area contributed by atoms with Gasteiger partial charge in [0.15, 0.2) is 0 Å². The van der Waals surface area contributed by atoms with E-state index in [1.54, 1.807) is 6.07 Å². The molecule has 1 aromatic rings. The number of carboxylic acids is 1. The van der Waals surface area contributed by atoms with Crippen LogP contribution >= 0.6 is 11.3 Å². The molecule has 0 aromatic carbocycles. The third kappa shape index (κ3) is 3.64. The molecule has 0 saturated carbocycles. The summed E-state index contributed by atoms with van der Waals surface area (Å²) in [6.07, 6.45) is 0. The molecule has 0 bridgehead atoms. The van der Waals surface area contributed by atoms with Crippen LogP contribution in [-0.2, 0) is 16.6 Å². The highest BCUT2D eigenvalue weighted by molar-refractivity contribution is 7.84. The molecule has 3 nitrogen and oxygen atoms in total. The Hall–Kier alpha value is -0.680. The van der Waals surface area contributed by atoms with E-state index in [4.69, 9.17) is 5.11 Å². The minimum absolute atomic E-state index is 0.127. The van der Waals surface area contributed by atoms with E-state index in [0.717, 1.165) is 10.4 Å². The van der Waals surface area contributed by atoms with Gasteiger partial charge in [0.2, 0.25) is 0 Å². The molecule has 0 aliphatic rings. The zero-order chi connectivity index (χ0) is 13.2. The lowest BCUT2D eigenvalue weighted by atomic mass is 10.2. The number of hydrogen-bond donors (Lipinski definition) is 1. The van der Waals surface area contributed by atoms with Crippen molar-refractivity contribution in [2.24, 2.45) is 5.92 Å². The first kappa shape index (κ1) is 14.4. The highest BCUT2D eigenvalue weighted by atomic mass is 32.2. The molecular weight excluding hydrogens is 256 g/mol. The molecule has 0 aliphatic heterocycles. The number of aryl methyl sites for hydroxylation is 1. The van der Waals surface area contributed by atoms with Gasteiger partial charge in [-0.15, -0.1) is 11.3 Å². The average molecular weight is 274 g/mol. The van der Waals surface area contributed by atoms with Crippen molar-refractivity contribution in [1.29, 1.82) is 0 Å². The van der Waals surface area contributed by atoms with Crippen LogP contribution in [0.15, 0.2) is 6.07 Å². The van der Waals surface area contributed by atoms with Gasteiger partial charge in [-0.25, -0.2) is 4.79 Å². The Labute approximate surface area is 108 Å². The lowest BCUT2D eigenvalue weighted by molar-refractivity contribution is 0.0702. The predicted molar refractivity (Wildman–Crippen MR) is 72.2 cm³/mol. The number of carboxylic acid groups (broad SMARTS) is 1. The highest BCUT2D eigenvalue weighted by Gasteiger charge is 2.18. The largest absolute Gasteiger partial charge is 0.477 e. The maximum absolute atomic E-state index is 12.1. The van der Waals surface area contributed by atoms with Gasteiger partial charge < -0.3 is 5.11 Å². The van der Waals surface area contributed by atoms with E-state index in [1.807, 2.05) is 27.7 Å². The van der Waals surface area contributed by atoms with E-state index in [2.05, 4.69) is 0 Å². The van der Waals surface area contributed by atoms with Crippen LogP contribution in [0.4, 0.5) is 0 Å². The molecule has 1 aromatic heterocycles. The van der Waals surface area contributed by atoms with E-state index in [1.165, 1.54) is 11.3 Å². The summed E-state index contributed by atoms with van der Waals surface area (Å²) in [5.74, 6) is -0.0876. The fourth-order valence-electron chi connectivity index (χ4n) is 1.36. The summed E-state index contributed by atoms with van der Waals surface area (Å²) in [6.45, 7) is 7.95. The summed E-state index contributed by atoms with van der Waals surface area (Å²) >= 11 is 1.25. The normalized spacial score (nSPS) is 14.9. The van der Waals surface area contributed by atoms with Crippen LogP contribution in [0.2, 0.25) is 0 Å². The average Bonchev–Trinajstić information content (AvgIpc) is 2.59. The van der Waals surface area contributed by atoms with Crippen molar-refractivity contribution < 1.29 is 14.1 Å². The Kier molecular flexibility index (Phi) is 4.89. The van der Waals surface area contributed by atoms with Crippen LogP contribution < -0.4 is 0 Å². The van der Waals surface area contributed by atoms with Crippen molar-refractivity contribution in [1.82, 2.24) is 0 Å². The summed E-state index contributed by atoms with van der Waals surface area (Å²) < 4.78 is 12.1. The molecule has 5 heteroatoms.